The van der Waals surface area contributed by atoms with E-state index in [0.29, 0.717) is 21.5 Å². The quantitative estimate of drug-likeness (QED) is 0.648. The molecule has 0 radical (unpaired) electrons. The molecule has 0 N–H and O–H groups in total. The van der Waals surface area contributed by atoms with Gasteiger partial charge in [0.2, 0.25) is 0 Å². The predicted molar refractivity (Wildman–Crippen MR) is 76.7 cm³/mol. The molecule has 3 aromatic heterocycles. The van der Waals surface area contributed by atoms with E-state index in [-0.39, 0.29) is 12.8 Å². The summed E-state index contributed by atoms with van der Waals surface area (Å²) in [6.45, 7) is 0.0708. The topological polar surface area (TPSA) is 87.7 Å². The first-order valence-electron chi connectivity index (χ1n) is 6.09. The first kappa shape index (κ1) is 12.2. The smallest absolute Gasteiger partial charge is 0.369 e. The highest BCUT2D eigenvalue weighted by Gasteiger charge is 2.19. The minimum absolute atomic E-state index is 0.0708. The van der Waals surface area contributed by atoms with Gasteiger partial charge in [-0.3, -0.25) is 0 Å². The fourth-order valence-electron chi connectivity index (χ4n) is 1.54. The van der Waals surface area contributed by atoms with Crippen molar-refractivity contribution in [1.29, 1.82) is 0 Å². The zero-order chi connectivity index (χ0) is 15.7. The zero-order valence-corrected chi connectivity index (χ0v) is 12.3. The van der Waals surface area contributed by atoms with E-state index in [1.54, 1.807) is 5.38 Å². The Morgan fingerprint density at radius 3 is 3.05 bits per heavy atom. The van der Waals surface area contributed by atoms with Crippen LogP contribution in [0.4, 0.5) is 0 Å². The van der Waals surface area contributed by atoms with Crippen molar-refractivity contribution in [2.45, 2.75) is 6.61 Å². The van der Waals surface area contributed by atoms with Gasteiger partial charge in [0, 0.05) is 18.6 Å². The largest absolute Gasteiger partial charge is 0.465 e. The van der Waals surface area contributed by atoms with Gasteiger partial charge in [-0.1, -0.05) is 17.3 Å². The molecule has 0 unspecified atom stereocenters. The van der Waals surface area contributed by atoms with Gasteiger partial charge in [-0.25, -0.2) is 9.78 Å². The summed E-state index contributed by atoms with van der Waals surface area (Å²) in [4.78, 5) is 16.4. The van der Waals surface area contributed by atoms with Gasteiger partial charge in [-0.15, -0.1) is 11.1 Å². The van der Waals surface area contributed by atoms with Crippen molar-refractivity contribution in [2.75, 3.05) is 0 Å². The number of hydrogen-bond acceptors (Lipinski definition) is 8. The highest BCUT2D eigenvalue weighted by molar-refractivity contribution is 7.11. The Morgan fingerprint density at radius 2 is 2.43 bits per heavy atom. The van der Waals surface area contributed by atoms with E-state index in [9.17, 15) is 4.79 Å². The van der Waals surface area contributed by atoms with E-state index in [0.717, 1.165) is 20.9 Å². The summed E-state index contributed by atoms with van der Waals surface area (Å²) in [7, 11) is 1.49. The standard InChI is InChI=1S/C11H8N6O2S2/c1-3-8-7(6-19-10-12-4-5-20-10)9(13-21-8)17-11(18)16(2)14-15-17/h1,4-5H,6H2,2H3/i4T. The molecule has 0 aliphatic heterocycles. The minimum atomic E-state index is -0.433. The van der Waals surface area contributed by atoms with Crippen LogP contribution in [0, 0.1) is 12.3 Å². The number of thiazole rings is 1. The van der Waals surface area contributed by atoms with Crippen LogP contribution in [0.3, 0.4) is 0 Å². The van der Waals surface area contributed by atoms with Crippen LogP contribution in [-0.4, -0.2) is 29.1 Å². The third-order valence-electron chi connectivity index (χ3n) is 2.53. The Hall–Kier alpha value is -2.51. The number of tetrazole rings is 1. The molecule has 0 spiro atoms. The van der Waals surface area contributed by atoms with E-state index < -0.39 is 5.69 Å². The molecule has 21 heavy (non-hydrogen) atoms. The van der Waals surface area contributed by atoms with Crippen LogP contribution in [0.1, 0.15) is 11.8 Å². The summed E-state index contributed by atoms with van der Waals surface area (Å²) in [5.74, 6) is 2.80. The van der Waals surface area contributed by atoms with Crippen LogP contribution in [0.25, 0.3) is 5.82 Å². The van der Waals surface area contributed by atoms with Gasteiger partial charge < -0.3 is 4.74 Å². The normalized spacial score (nSPS) is 11.1. The number of aromatic nitrogens is 6. The number of rotatable bonds is 4. The van der Waals surface area contributed by atoms with Gasteiger partial charge in [0.05, 0.1) is 6.93 Å². The van der Waals surface area contributed by atoms with Crippen LogP contribution >= 0.6 is 22.9 Å². The monoisotopic (exact) mass is 322 g/mol. The maximum absolute atomic E-state index is 11.9. The average molecular weight is 322 g/mol. The molecule has 3 rings (SSSR count). The molecule has 10 heteroatoms. The van der Waals surface area contributed by atoms with Gasteiger partial charge in [0.1, 0.15) is 11.5 Å². The molecule has 3 aromatic rings. The molecule has 0 aromatic carbocycles. The first-order chi connectivity index (χ1) is 10.6. The van der Waals surface area contributed by atoms with E-state index >= 15 is 0 Å². The average Bonchev–Trinajstić information content (AvgIpc) is 3.18. The molecule has 8 nitrogen and oxygen atoms in total. The van der Waals surface area contributed by atoms with Crippen LogP contribution in [-0.2, 0) is 13.7 Å². The molecular formula is C11H8N6O2S2. The second kappa shape index (κ2) is 5.47. The van der Waals surface area contributed by atoms with E-state index in [1.807, 2.05) is 0 Å². The van der Waals surface area contributed by atoms with Crippen molar-refractivity contribution in [3.8, 4) is 23.4 Å². The van der Waals surface area contributed by atoms with Crippen molar-refractivity contribution in [1.82, 2.24) is 29.1 Å². The lowest BCUT2D eigenvalue weighted by Gasteiger charge is -2.03. The van der Waals surface area contributed by atoms with Crippen molar-refractivity contribution in [3.05, 3.63) is 32.5 Å². The zero-order valence-electron chi connectivity index (χ0n) is 11.7. The van der Waals surface area contributed by atoms with Gasteiger partial charge in [0.15, 0.2) is 5.82 Å². The SMILES string of the molecule is [3H]c1csc(OCc2c(-n3nnn(C)c3=O)nsc2C#C)n1. The second-order valence-electron chi connectivity index (χ2n) is 3.79. The summed E-state index contributed by atoms with van der Waals surface area (Å²) in [6, 6.07) is 0. The number of aryl methyl sites for hydroxylation is 1. The van der Waals surface area contributed by atoms with Gasteiger partial charge in [-0.05, 0) is 22.0 Å². The molecule has 106 valence electrons. The Labute approximate surface area is 128 Å². The van der Waals surface area contributed by atoms with Crippen molar-refractivity contribution >= 4 is 22.9 Å². The highest BCUT2D eigenvalue weighted by Crippen LogP contribution is 2.23. The Morgan fingerprint density at radius 1 is 1.57 bits per heavy atom. The lowest BCUT2D eigenvalue weighted by Crippen LogP contribution is -2.23. The Kier molecular flexibility index (Phi) is 3.19. The van der Waals surface area contributed by atoms with Gasteiger partial charge in [-0.2, -0.15) is 9.06 Å². The number of terminal acetylenes is 1. The molecule has 3 heterocycles. The van der Waals surface area contributed by atoms with E-state index in [1.165, 1.54) is 18.4 Å². The highest BCUT2D eigenvalue weighted by atomic mass is 32.1. The number of hydrogen-bond donors (Lipinski definition) is 0. The summed E-state index contributed by atoms with van der Waals surface area (Å²) in [5.41, 5.74) is 0.120. The van der Waals surface area contributed by atoms with Gasteiger partial charge in [0.25, 0.3) is 5.19 Å². The second-order valence-corrected chi connectivity index (χ2v) is 5.38. The molecule has 0 aliphatic carbocycles. The fraction of sp³-hybridized carbons (Fsp3) is 0.182. The summed E-state index contributed by atoms with van der Waals surface area (Å²) < 4.78 is 19.2. The summed E-state index contributed by atoms with van der Waals surface area (Å²) >= 11 is 2.28. The van der Waals surface area contributed by atoms with Crippen LogP contribution < -0.4 is 10.4 Å². The van der Waals surface area contributed by atoms with Crippen LogP contribution in [0.5, 0.6) is 5.19 Å². The molecule has 0 bridgehead atoms. The van der Waals surface area contributed by atoms with Crippen molar-refractivity contribution in [2.24, 2.45) is 7.05 Å². The molecule has 0 saturated carbocycles. The van der Waals surface area contributed by atoms with E-state index in [4.69, 9.17) is 12.5 Å². The number of nitrogens with zero attached hydrogens (tertiary/aromatic N) is 6. The summed E-state index contributed by atoms with van der Waals surface area (Å²) in [6.07, 6.45) is 5.58. The van der Waals surface area contributed by atoms with Gasteiger partial charge >= 0.3 is 5.69 Å². The van der Waals surface area contributed by atoms with Crippen LogP contribution in [0.15, 0.2) is 16.3 Å². The minimum Gasteiger partial charge on any atom is -0.465 e. The van der Waals surface area contributed by atoms with Crippen molar-refractivity contribution < 1.29 is 6.11 Å². The lowest BCUT2D eigenvalue weighted by molar-refractivity contribution is 0.304. The fourth-order valence-corrected chi connectivity index (χ4v) is 2.66. The third-order valence-corrected chi connectivity index (χ3v) is 3.97. The summed E-state index contributed by atoms with van der Waals surface area (Å²) in [5, 5.41) is 9.29. The lowest BCUT2D eigenvalue weighted by atomic mass is 10.2. The van der Waals surface area contributed by atoms with Crippen molar-refractivity contribution in [3.63, 3.8) is 0 Å². The molecule has 0 aliphatic rings. The maximum atomic E-state index is 11.9. The Balaban J connectivity index is 1.96. The van der Waals surface area contributed by atoms with Crippen LogP contribution in [0.2, 0.25) is 0 Å². The first-order valence-corrected chi connectivity index (χ1v) is 7.25. The number of ether oxygens (including phenoxy) is 1. The molecule has 0 saturated heterocycles. The predicted octanol–water partition coefficient (Wildman–Crippen LogP) is 0.439. The third kappa shape index (κ3) is 2.44. The Bertz CT molecular complexity index is 918. The molecule has 0 atom stereocenters. The molecule has 0 amide bonds. The molecule has 0 fully saturated rings. The molecular weight excluding hydrogens is 312 g/mol. The maximum Gasteiger partial charge on any atom is 0.369 e. The van der Waals surface area contributed by atoms with E-state index in [2.05, 4.69) is 25.7 Å².